The number of halogens is 1. The zero-order chi connectivity index (χ0) is 15.6. The third kappa shape index (κ3) is 3.39. The average molecular weight is 308 g/mol. The summed E-state index contributed by atoms with van der Waals surface area (Å²) in [6.45, 7) is 7.13. The number of hydrogen-bond donors (Lipinski definition) is 1. The van der Waals surface area contributed by atoms with Crippen molar-refractivity contribution in [3.63, 3.8) is 0 Å². The second-order valence-electron chi connectivity index (χ2n) is 5.36. The number of rotatable bonds is 5. The van der Waals surface area contributed by atoms with Crippen LogP contribution in [0.1, 0.15) is 27.9 Å². The summed E-state index contributed by atoms with van der Waals surface area (Å²) in [4.78, 5) is 0. The van der Waals surface area contributed by atoms with Crippen LogP contribution in [0.15, 0.2) is 12.1 Å². The van der Waals surface area contributed by atoms with Crippen molar-refractivity contribution in [3.8, 4) is 5.75 Å². The first-order valence-electron chi connectivity index (χ1n) is 7.05. The normalized spacial score (nSPS) is 11.0. The highest BCUT2D eigenvalue weighted by Gasteiger charge is 2.13. The molecule has 0 saturated heterocycles. The van der Waals surface area contributed by atoms with E-state index >= 15 is 0 Å². The quantitative estimate of drug-likeness (QED) is 0.923. The minimum atomic E-state index is 0.427. The zero-order valence-corrected chi connectivity index (χ0v) is 13.8. The molecule has 114 valence electrons. The number of hydrogen-bond acceptors (Lipinski definition) is 3. The summed E-state index contributed by atoms with van der Waals surface area (Å²) in [7, 11) is 1.83. The lowest BCUT2D eigenvalue weighted by Gasteiger charge is -2.14. The van der Waals surface area contributed by atoms with Gasteiger partial charge >= 0.3 is 0 Å². The summed E-state index contributed by atoms with van der Waals surface area (Å²) < 4.78 is 7.66. The molecule has 2 aromatic rings. The molecule has 0 aliphatic carbocycles. The molecule has 1 heterocycles. The minimum absolute atomic E-state index is 0.427. The second kappa shape index (κ2) is 6.50. The predicted molar refractivity (Wildman–Crippen MR) is 86.0 cm³/mol. The second-order valence-corrected chi connectivity index (χ2v) is 5.72. The van der Waals surface area contributed by atoms with Crippen molar-refractivity contribution >= 4 is 11.6 Å². The van der Waals surface area contributed by atoms with Crippen LogP contribution in [0.25, 0.3) is 0 Å². The molecule has 1 aromatic heterocycles. The van der Waals surface area contributed by atoms with E-state index in [1.54, 1.807) is 4.68 Å². The molecule has 0 bridgehead atoms. The molecule has 0 saturated carbocycles. The van der Waals surface area contributed by atoms with Crippen molar-refractivity contribution < 1.29 is 4.74 Å². The first kappa shape index (κ1) is 15.9. The molecule has 0 unspecified atom stereocenters. The van der Waals surface area contributed by atoms with Gasteiger partial charge in [0.25, 0.3) is 0 Å². The van der Waals surface area contributed by atoms with Crippen LogP contribution in [0.2, 0.25) is 5.15 Å². The number of nitrogens with zero attached hydrogens (tertiary/aromatic N) is 2. The fourth-order valence-corrected chi connectivity index (χ4v) is 2.79. The summed E-state index contributed by atoms with van der Waals surface area (Å²) in [5.41, 5.74) is 10.9. The zero-order valence-electron chi connectivity index (χ0n) is 13.0. The summed E-state index contributed by atoms with van der Waals surface area (Å²) in [6.07, 6.45) is 0.884. The van der Waals surface area contributed by atoms with E-state index in [9.17, 15) is 0 Å². The smallest absolute Gasteiger partial charge is 0.133 e. The number of nitrogens with two attached hydrogens (primary N) is 1. The van der Waals surface area contributed by atoms with Gasteiger partial charge in [0.2, 0.25) is 0 Å². The lowest BCUT2D eigenvalue weighted by atomic mass is 10.0. The topological polar surface area (TPSA) is 53.1 Å². The molecule has 5 heteroatoms. The fraction of sp³-hybridized carbons (Fsp3) is 0.438. The van der Waals surface area contributed by atoms with E-state index in [1.165, 1.54) is 5.56 Å². The molecule has 0 aliphatic rings. The van der Waals surface area contributed by atoms with Crippen molar-refractivity contribution in [2.24, 2.45) is 12.8 Å². The number of benzene rings is 1. The van der Waals surface area contributed by atoms with E-state index in [0.29, 0.717) is 18.3 Å². The van der Waals surface area contributed by atoms with Gasteiger partial charge in [0.1, 0.15) is 17.5 Å². The van der Waals surface area contributed by atoms with Gasteiger partial charge in [-0.15, -0.1) is 0 Å². The van der Waals surface area contributed by atoms with E-state index in [4.69, 9.17) is 22.1 Å². The third-order valence-electron chi connectivity index (χ3n) is 3.58. The summed E-state index contributed by atoms with van der Waals surface area (Å²) in [5.74, 6) is 0.912. The van der Waals surface area contributed by atoms with Gasteiger partial charge in [-0.05, 0) is 50.4 Å². The highest BCUT2D eigenvalue weighted by molar-refractivity contribution is 6.30. The van der Waals surface area contributed by atoms with Gasteiger partial charge in [0, 0.05) is 12.6 Å². The fourth-order valence-electron chi connectivity index (χ4n) is 2.56. The predicted octanol–water partition coefficient (Wildman–Crippen LogP) is 3.08. The van der Waals surface area contributed by atoms with Gasteiger partial charge in [-0.25, -0.2) is 0 Å². The summed E-state index contributed by atoms with van der Waals surface area (Å²) in [5, 5.41) is 4.92. The standard InChI is InChI=1S/C16H22ClN3O/c1-10-7-13(5-6-18)8-11(2)15(10)21-9-14-12(3)19-20(4)16(14)17/h7-8H,5-6,9,18H2,1-4H3. The lowest BCUT2D eigenvalue weighted by molar-refractivity contribution is 0.301. The molecular formula is C16H22ClN3O. The van der Waals surface area contributed by atoms with Crippen molar-refractivity contribution in [2.75, 3.05) is 6.54 Å². The Morgan fingerprint density at radius 3 is 2.33 bits per heavy atom. The van der Waals surface area contributed by atoms with Crippen LogP contribution >= 0.6 is 11.6 Å². The molecule has 1 aromatic carbocycles. The molecule has 0 atom stereocenters. The molecule has 0 amide bonds. The van der Waals surface area contributed by atoms with Crippen LogP contribution in [0, 0.1) is 20.8 Å². The van der Waals surface area contributed by atoms with Crippen LogP contribution < -0.4 is 10.5 Å². The van der Waals surface area contributed by atoms with Crippen molar-refractivity contribution in [3.05, 3.63) is 45.2 Å². The highest BCUT2D eigenvalue weighted by atomic mass is 35.5. The monoisotopic (exact) mass is 307 g/mol. The largest absolute Gasteiger partial charge is 0.488 e. The molecule has 0 spiro atoms. The molecule has 0 fully saturated rings. The van der Waals surface area contributed by atoms with Crippen LogP contribution in [0.4, 0.5) is 0 Å². The molecular weight excluding hydrogens is 286 g/mol. The first-order chi connectivity index (χ1) is 9.93. The molecule has 21 heavy (non-hydrogen) atoms. The van der Waals surface area contributed by atoms with Gasteiger partial charge in [-0.1, -0.05) is 23.7 Å². The van der Waals surface area contributed by atoms with Gasteiger partial charge < -0.3 is 10.5 Å². The van der Waals surface area contributed by atoms with Gasteiger partial charge in [0.05, 0.1) is 5.69 Å². The van der Waals surface area contributed by atoms with Gasteiger partial charge in [0.15, 0.2) is 0 Å². The Hall–Kier alpha value is -1.52. The average Bonchev–Trinajstić information content (AvgIpc) is 2.64. The van der Waals surface area contributed by atoms with E-state index < -0.39 is 0 Å². The SMILES string of the molecule is Cc1cc(CCN)cc(C)c1OCc1c(C)nn(C)c1Cl. The first-order valence-corrected chi connectivity index (χ1v) is 7.42. The Labute approximate surface area is 130 Å². The van der Waals surface area contributed by atoms with Gasteiger partial charge in [-0.3, -0.25) is 4.68 Å². The number of aromatic nitrogens is 2. The number of aryl methyl sites for hydroxylation is 4. The van der Waals surface area contributed by atoms with Crippen LogP contribution in [0.3, 0.4) is 0 Å². The Kier molecular flexibility index (Phi) is 4.91. The van der Waals surface area contributed by atoms with Crippen molar-refractivity contribution in [1.82, 2.24) is 9.78 Å². The Morgan fingerprint density at radius 1 is 1.24 bits per heavy atom. The van der Waals surface area contributed by atoms with E-state index in [2.05, 4.69) is 31.1 Å². The maximum absolute atomic E-state index is 6.23. The maximum Gasteiger partial charge on any atom is 0.133 e. The van der Waals surface area contributed by atoms with E-state index in [-0.39, 0.29) is 0 Å². The maximum atomic E-state index is 6.23. The van der Waals surface area contributed by atoms with E-state index in [0.717, 1.165) is 34.6 Å². The molecule has 4 nitrogen and oxygen atoms in total. The van der Waals surface area contributed by atoms with Crippen LogP contribution in [-0.4, -0.2) is 16.3 Å². The van der Waals surface area contributed by atoms with Crippen LogP contribution in [-0.2, 0) is 20.1 Å². The molecule has 0 aliphatic heterocycles. The molecule has 2 rings (SSSR count). The minimum Gasteiger partial charge on any atom is -0.488 e. The van der Waals surface area contributed by atoms with Crippen molar-refractivity contribution in [1.29, 1.82) is 0 Å². The molecule has 0 radical (unpaired) electrons. The summed E-state index contributed by atoms with van der Waals surface area (Å²) in [6, 6.07) is 4.26. The molecule has 2 N–H and O–H groups in total. The van der Waals surface area contributed by atoms with Crippen molar-refractivity contribution in [2.45, 2.75) is 33.8 Å². The van der Waals surface area contributed by atoms with Gasteiger partial charge in [-0.2, -0.15) is 5.10 Å². The Bertz CT molecular complexity index is 626. The Balaban J connectivity index is 2.20. The number of ether oxygens (including phenoxy) is 1. The Morgan fingerprint density at radius 2 is 1.86 bits per heavy atom. The van der Waals surface area contributed by atoms with Crippen LogP contribution in [0.5, 0.6) is 5.75 Å². The lowest BCUT2D eigenvalue weighted by Crippen LogP contribution is -2.05. The summed E-state index contributed by atoms with van der Waals surface area (Å²) >= 11 is 6.23. The van der Waals surface area contributed by atoms with E-state index in [1.807, 2.05) is 14.0 Å². The highest BCUT2D eigenvalue weighted by Crippen LogP contribution is 2.27. The third-order valence-corrected chi connectivity index (χ3v) is 4.06.